The molecule has 3 heterocycles. The second-order valence-electron chi connectivity index (χ2n) is 7.90. The number of aliphatic imine (C=N–C) groups is 1. The minimum absolute atomic E-state index is 0. The summed E-state index contributed by atoms with van der Waals surface area (Å²) in [5, 5.41) is 6.95. The SMILES string of the molecule is CN=C(NCc1ccc(-n2ccnc2)nc1)NC1CCN(c2cc(OC)cc(OC)c2)CC1.I. The average molecular weight is 577 g/mol. The van der Waals surface area contributed by atoms with Crippen LogP contribution in [0.3, 0.4) is 0 Å². The second-order valence-corrected chi connectivity index (χ2v) is 7.90. The molecule has 10 heteroatoms. The number of benzene rings is 1. The predicted octanol–water partition coefficient (Wildman–Crippen LogP) is 3.24. The number of imidazole rings is 1. The zero-order chi connectivity index (χ0) is 23.0. The number of ether oxygens (including phenoxy) is 2. The summed E-state index contributed by atoms with van der Waals surface area (Å²) in [5.41, 5.74) is 2.21. The van der Waals surface area contributed by atoms with Crippen molar-refractivity contribution in [1.29, 1.82) is 0 Å². The molecule has 2 aromatic heterocycles. The highest BCUT2D eigenvalue weighted by Crippen LogP contribution is 2.30. The fraction of sp³-hybridized carbons (Fsp3) is 0.375. The third-order valence-electron chi connectivity index (χ3n) is 5.80. The van der Waals surface area contributed by atoms with E-state index in [0.29, 0.717) is 12.6 Å². The molecule has 182 valence electrons. The van der Waals surface area contributed by atoms with Gasteiger partial charge < -0.3 is 25.0 Å². The van der Waals surface area contributed by atoms with Crippen LogP contribution in [-0.2, 0) is 6.54 Å². The molecule has 0 saturated carbocycles. The van der Waals surface area contributed by atoms with Crippen molar-refractivity contribution in [2.24, 2.45) is 4.99 Å². The van der Waals surface area contributed by atoms with E-state index in [1.165, 1.54) is 0 Å². The van der Waals surface area contributed by atoms with Crippen LogP contribution in [0.1, 0.15) is 18.4 Å². The number of pyridine rings is 1. The van der Waals surface area contributed by atoms with Gasteiger partial charge in [0.05, 0.1) is 14.2 Å². The van der Waals surface area contributed by atoms with E-state index in [4.69, 9.17) is 9.47 Å². The van der Waals surface area contributed by atoms with Gasteiger partial charge in [0.2, 0.25) is 0 Å². The third-order valence-corrected chi connectivity index (χ3v) is 5.80. The molecule has 0 bridgehead atoms. The number of anilines is 1. The Bertz CT molecular complexity index is 1030. The molecule has 1 aromatic carbocycles. The molecule has 34 heavy (non-hydrogen) atoms. The van der Waals surface area contributed by atoms with Crippen LogP contribution in [-0.4, -0.2) is 60.9 Å². The number of halogens is 1. The molecular formula is C24H32IN7O2. The summed E-state index contributed by atoms with van der Waals surface area (Å²) < 4.78 is 12.7. The highest BCUT2D eigenvalue weighted by molar-refractivity contribution is 14.0. The summed E-state index contributed by atoms with van der Waals surface area (Å²) in [4.78, 5) is 15.3. The third kappa shape index (κ3) is 6.52. The minimum Gasteiger partial charge on any atom is -0.497 e. The first-order valence-electron chi connectivity index (χ1n) is 11.1. The lowest BCUT2D eigenvalue weighted by Gasteiger charge is -2.34. The number of rotatable bonds is 7. The minimum atomic E-state index is 0. The molecule has 0 amide bonds. The second kappa shape index (κ2) is 12.4. The van der Waals surface area contributed by atoms with Crippen molar-refractivity contribution in [2.75, 3.05) is 39.3 Å². The van der Waals surface area contributed by atoms with Gasteiger partial charge in [-0.25, -0.2) is 9.97 Å². The van der Waals surface area contributed by atoms with E-state index in [1.54, 1.807) is 33.8 Å². The molecule has 0 aliphatic carbocycles. The van der Waals surface area contributed by atoms with Crippen LogP contribution in [0.2, 0.25) is 0 Å². The highest BCUT2D eigenvalue weighted by atomic mass is 127. The number of guanidine groups is 1. The molecule has 1 aliphatic heterocycles. The Morgan fingerprint density at radius 2 is 1.85 bits per heavy atom. The Balaban J connectivity index is 0.00000324. The maximum absolute atomic E-state index is 5.41. The number of methoxy groups -OCH3 is 2. The maximum atomic E-state index is 5.41. The smallest absolute Gasteiger partial charge is 0.191 e. The van der Waals surface area contributed by atoms with Gasteiger partial charge in [0.25, 0.3) is 0 Å². The lowest BCUT2D eigenvalue weighted by molar-refractivity contribution is 0.393. The molecule has 4 rings (SSSR count). The molecular weight excluding hydrogens is 545 g/mol. The largest absolute Gasteiger partial charge is 0.497 e. The van der Waals surface area contributed by atoms with E-state index < -0.39 is 0 Å². The molecule has 1 saturated heterocycles. The quantitative estimate of drug-likeness (QED) is 0.253. The van der Waals surface area contributed by atoms with Gasteiger partial charge in [-0.2, -0.15) is 0 Å². The first kappa shape index (κ1) is 25.6. The van der Waals surface area contributed by atoms with Gasteiger partial charge >= 0.3 is 0 Å². The number of aromatic nitrogens is 3. The Morgan fingerprint density at radius 1 is 1.12 bits per heavy atom. The topological polar surface area (TPSA) is 88.8 Å². The Morgan fingerprint density at radius 3 is 2.41 bits per heavy atom. The van der Waals surface area contributed by atoms with E-state index in [-0.39, 0.29) is 24.0 Å². The maximum Gasteiger partial charge on any atom is 0.191 e. The van der Waals surface area contributed by atoms with Crippen molar-refractivity contribution in [3.63, 3.8) is 0 Å². The van der Waals surface area contributed by atoms with Crippen LogP contribution in [0.25, 0.3) is 5.82 Å². The first-order valence-corrected chi connectivity index (χ1v) is 11.1. The van der Waals surface area contributed by atoms with Crippen LogP contribution in [0.5, 0.6) is 11.5 Å². The van der Waals surface area contributed by atoms with E-state index in [0.717, 1.165) is 60.5 Å². The lowest BCUT2D eigenvalue weighted by atomic mass is 10.0. The van der Waals surface area contributed by atoms with Crippen molar-refractivity contribution in [3.05, 3.63) is 60.8 Å². The van der Waals surface area contributed by atoms with Crippen molar-refractivity contribution >= 4 is 35.6 Å². The number of hydrogen-bond donors (Lipinski definition) is 2. The highest BCUT2D eigenvalue weighted by Gasteiger charge is 2.21. The van der Waals surface area contributed by atoms with E-state index in [2.05, 4.69) is 48.7 Å². The number of piperidine rings is 1. The molecule has 0 radical (unpaired) electrons. The standard InChI is InChI=1S/C24H31N7O2.HI/c1-25-24(28-16-18-4-5-23(27-15-18)31-11-8-26-17-31)29-19-6-9-30(10-7-19)20-12-21(32-2)14-22(13-20)33-3;/h4-5,8,11-15,17,19H,6-7,9-10,16H2,1-3H3,(H2,25,28,29);1H. The summed E-state index contributed by atoms with van der Waals surface area (Å²) in [6.45, 7) is 2.55. The van der Waals surface area contributed by atoms with E-state index >= 15 is 0 Å². The Labute approximate surface area is 217 Å². The monoisotopic (exact) mass is 577 g/mol. The fourth-order valence-corrected chi connectivity index (χ4v) is 3.90. The normalized spacial score (nSPS) is 14.3. The average Bonchev–Trinajstić information content (AvgIpc) is 3.42. The van der Waals surface area contributed by atoms with Crippen molar-refractivity contribution in [2.45, 2.75) is 25.4 Å². The predicted molar refractivity (Wildman–Crippen MR) is 145 cm³/mol. The number of nitrogens with zero attached hydrogens (tertiary/aromatic N) is 5. The zero-order valence-electron chi connectivity index (χ0n) is 19.8. The number of hydrogen-bond acceptors (Lipinski definition) is 6. The van der Waals surface area contributed by atoms with Crippen LogP contribution >= 0.6 is 24.0 Å². The summed E-state index contributed by atoms with van der Waals surface area (Å²) in [6, 6.07) is 10.4. The molecule has 0 spiro atoms. The van der Waals surface area contributed by atoms with E-state index in [9.17, 15) is 0 Å². The van der Waals surface area contributed by atoms with Gasteiger partial charge in [-0.15, -0.1) is 24.0 Å². The van der Waals surface area contributed by atoms with Gasteiger partial charge in [0.1, 0.15) is 23.6 Å². The molecule has 2 N–H and O–H groups in total. The van der Waals surface area contributed by atoms with Gasteiger partial charge in [-0.05, 0) is 24.5 Å². The van der Waals surface area contributed by atoms with Crippen LogP contribution < -0.4 is 25.0 Å². The molecule has 0 atom stereocenters. The molecule has 0 unspecified atom stereocenters. The van der Waals surface area contributed by atoms with Crippen molar-refractivity contribution in [3.8, 4) is 17.3 Å². The van der Waals surface area contributed by atoms with Gasteiger partial charge in [-0.1, -0.05) is 6.07 Å². The van der Waals surface area contributed by atoms with Crippen molar-refractivity contribution in [1.82, 2.24) is 25.2 Å². The van der Waals surface area contributed by atoms with Gasteiger partial charge in [-0.3, -0.25) is 9.56 Å². The van der Waals surface area contributed by atoms with Gasteiger partial charge in [0, 0.05) is 75.2 Å². The first-order chi connectivity index (χ1) is 16.2. The lowest BCUT2D eigenvalue weighted by Crippen LogP contribution is -2.48. The van der Waals surface area contributed by atoms with Crippen LogP contribution in [0.4, 0.5) is 5.69 Å². The molecule has 1 aliphatic rings. The molecule has 3 aromatic rings. The summed E-state index contributed by atoms with van der Waals surface area (Å²) in [7, 11) is 5.16. The van der Waals surface area contributed by atoms with E-state index in [1.807, 2.05) is 29.1 Å². The zero-order valence-corrected chi connectivity index (χ0v) is 22.1. The fourth-order valence-electron chi connectivity index (χ4n) is 3.90. The molecule has 9 nitrogen and oxygen atoms in total. The Hall–Kier alpha value is -3.02. The number of nitrogens with one attached hydrogen (secondary N) is 2. The summed E-state index contributed by atoms with van der Waals surface area (Å²) >= 11 is 0. The Kier molecular flexibility index (Phi) is 9.37. The summed E-state index contributed by atoms with van der Waals surface area (Å²) in [6.07, 6.45) is 9.26. The van der Waals surface area contributed by atoms with Crippen molar-refractivity contribution < 1.29 is 9.47 Å². The summed E-state index contributed by atoms with van der Waals surface area (Å²) in [5.74, 6) is 3.26. The van der Waals surface area contributed by atoms with Crippen LogP contribution in [0.15, 0.2) is 60.2 Å². The molecule has 1 fully saturated rings. The van der Waals surface area contributed by atoms with Gasteiger partial charge in [0.15, 0.2) is 5.96 Å². The van der Waals surface area contributed by atoms with Crippen LogP contribution in [0, 0.1) is 0 Å².